The normalized spacial score (nSPS) is 25.1. The van der Waals surface area contributed by atoms with Crippen LogP contribution in [0.3, 0.4) is 0 Å². The van der Waals surface area contributed by atoms with Gasteiger partial charge in [-0.25, -0.2) is 4.39 Å². The van der Waals surface area contributed by atoms with Crippen molar-refractivity contribution in [1.82, 2.24) is 0 Å². The Morgan fingerprint density at radius 3 is 2.93 bits per heavy atom. The Morgan fingerprint density at radius 1 is 1.57 bits per heavy atom. The predicted octanol–water partition coefficient (Wildman–Crippen LogP) is 3.13. The molecule has 1 atom stereocenters. The number of fused-ring (bicyclic) bond motifs is 1. The Balaban J connectivity index is 2.60. The van der Waals surface area contributed by atoms with Crippen molar-refractivity contribution in [3.8, 4) is 0 Å². The van der Waals surface area contributed by atoms with E-state index in [0.717, 1.165) is 17.5 Å². The first-order valence-electron chi connectivity index (χ1n) is 4.77. The van der Waals surface area contributed by atoms with Crippen LogP contribution in [0.25, 0.3) is 0 Å². The zero-order valence-corrected chi connectivity index (χ0v) is 9.57. The molecule has 76 valence electrons. The molecule has 1 aromatic rings. The summed E-state index contributed by atoms with van der Waals surface area (Å²) < 4.78 is 13.8. The van der Waals surface area contributed by atoms with Gasteiger partial charge in [0.2, 0.25) is 0 Å². The molecule has 0 spiro atoms. The van der Waals surface area contributed by atoms with Crippen LogP contribution in [-0.2, 0) is 12.0 Å². The van der Waals surface area contributed by atoms with E-state index in [4.69, 9.17) is 0 Å². The summed E-state index contributed by atoms with van der Waals surface area (Å²) in [6.07, 6.45) is 2.13. The molecule has 0 radical (unpaired) electrons. The van der Waals surface area contributed by atoms with Crippen molar-refractivity contribution < 1.29 is 9.50 Å². The molecule has 1 N–H and O–H groups in total. The van der Waals surface area contributed by atoms with E-state index < -0.39 is 5.60 Å². The molecule has 1 unspecified atom stereocenters. The van der Waals surface area contributed by atoms with Gasteiger partial charge < -0.3 is 5.11 Å². The van der Waals surface area contributed by atoms with Crippen molar-refractivity contribution in [2.45, 2.75) is 31.8 Å². The minimum absolute atomic E-state index is 0.240. The van der Waals surface area contributed by atoms with E-state index >= 15 is 0 Å². The minimum atomic E-state index is -0.762. The molecule has 3 heteroatoms. The highest BCUT2D eigenvalue weighted by atomic mass is 79.9. The van der Waals surface area contributed by atoms with Crippen molar-refractivity contribution in [2.75, 3.05) is 0 Å². The molecule has 1 aliphatic carbocycles. The first-order valence-corrected chi connectivity index (χ1v) is 5.57. The number of aryl methyl sites for hydroxylation is 1. The van der Waals surface area contributed by atoms with Crippen LogP contribution in [0, 0.1) is 5.82 Å². The van der Waals surface area contributed by atoms with Gasteiger partial charge in [-0.3, -0.25) is 0 Å². The molecule has 0 amide bonds. The minimum Gasteiger partial charge on any atom is -0.385 e. The van der Waals surface area contributed by atoms with Crippen molar-refractivity contribution in [3.05, 3.63) is 33.5 Å². The highest BCUT2D eigenvalue weighted by Crippen LogP contribution is 2.43. The van der Waals surface area contributed by atoms with E-state index in [9.17, 15) is 9.50 Å². The lowest BCUT2D eigenvalue weighted by molar-refractivity contribution is 0.0339. The van der Waals surface area contributed by atoms with Crippen molar-refractivity contribution >= 4 is 15.9 Å². The summed E-state index contributed by atoms with van der Waals surface area (Å²) in [6.45, 7) is 1.95. The Labute approximate surface area is 91.1 Å². The second-order valence-electron chi connectivity index (χ2n) is 3.81. The molecule has 0 bridgehead atoms. The maximum absolute atomic E-state index is 13.1. The third-order valence-electron chi connectivity index (χ3n) is 2.99. The van der Waals surface area contributed by atoms with E-state index in [1.54, 1.807) is 0 Å². The van der Waals surface area contributed by atoms with Crippen LogP contribution in [0.2, 0.25) is 0 Å². The number of rotatable bonds is 1. The van der Waals surface area contributed by atoms with Gasteiger partial charge in [0.05, 0.1) is 5.60 Å². The molecule has 0 saturated heterocycles. The van der Waals surface area contributed by atoms with Crippen LogP contribution in [0.15, 0.2) is 16.6 Å². The van der Waals surface area contributed by atoms with Gasteiger partial charge in [-0.05, 0) is 37.0 Å². The summed E-state index contributed by atoms with van der Waals surface area (Å²) in [6, 6.07) is 2.94. The Hall–Kier alpha value is -0.410. The van der Waals surface area contributed by atoms with Crippen molar-refractivity contribution in [3.63, 3.8) is 0 Å². The van der Waals surface area contributed by atoms with Crippen LogP contribution < -0.4 is 0 Å². The van der Waals surface area contributed by atoms with Gasteiger partial charge in [-0.1, -0.05) is 22.9 Å². The van der Waals surface area contributed by atoms with E-state index in [-0.39, 0.29) is 5.82 Å². The third-order valence-corrected chi connectivity index (χ3v) is 3.62. The van der Waals surface area contributed by atoms with Gasteiger partial charge in [0.25, 0.3) is 0 Å². The summed E-state index contributed by atoms with van der Waals surface area (Å²) in [7, 11) is 0. The van der Waals surface area contributed by atoms with Crippen molar-refractivity contribution in [2.24, 2.45) is 0 Å². The van der Waals surface area contributed by atoms with Gasteiger partial charge in [0, 0.05) is 10.0 Å². The summed E-state index contributed by atoms with van der Waals surface area (Å²) in [4.78, 5) is 0. The van der Waals surface area contributed by atoms with Gasteiger partial charge >= 0.3 is 0 Å². The molecule has 0 saturated carbocycles. The van der Waals surface area contributed by atoms with E-state index in [0.29, 0.717) is 17.3 Å². The molecular formula is C11H12BrFO. The fourth-order valence-corrected chi connectivity index (χ4v) is 3.01. The lowest BCUT2D eigenvalue weighted by atomic mass is 9.93. The van der Waals surface area contributed by atoms with Crippen LogP contribution in [0.4, 0.5) is 4.39 Å². The SMILES string of the molecule is CCC1(O)CCc2cc(F)cc(Br)c21. The zero-order chi connectivity index (χ0) is 10.3. The Morgan fingerprint density at radius 2 is 2.29 bits per heavy atom. The van der Waals surface area contributed by atoms with Crippen LogP contribution in [0.5, 0.6) is 0 Å². The molecule has 1 nitrogen and oxygen atoms in total. The smallest absolute Gasteiger partial charge is 0.124 e. The monoisotopic (exact) mass is 258 g/mol. The lowest BCUT2D eigenvalue weighted by Crippen LogP contribution is -2.21. The average molecular weight is 259 g/mol. The molecule has 2 rings (SSSR count). The largest absolute Gasteiger partial charge is 0.385 e. The molecular weight excluding hydrogens is 247 g/mol. The fraction of sp³-hybridized carbons (Fsp3) is 0.455. The Bertz CT molecular complexity index is 378. The van der Waals surface area contributed by atoms with Crippen LogP contribution in [0.1, 0.15) is 30.9 Å². The number of hydrogen-bond acceptors (Lipinski definition) is 1. The molecule has 1 aromatic carbocycles. The number of halogens is 2. The summed E-state index contributed by atoms with van der Waals surface area (Å²) in [5.41, 5.74) is 1.05. The van der Waals surface area contributed by atoms with Crippen LogP contribution >= 0.6 is 15.9 Å². The molecule has 0 aliphatic heterocycles. The van der Waals surface area contributed by atoms with Gasteiger partial charge in [-0.15, -0.1) is 0 Å². The maximum Gasteiger partial charge on any atom is 0.124 e. The predicted molar refractivity (Wildman–Crippen MR) is 56.6 cm³/mol. The van der Waals surface area contributed by atoms with Crippen LogP contribution in [-0.4, -0.2) is 5.11 Å². The van der Waals surface area contributed by atoms with E-state index in [2.05, 4.69) is 15.9 Å². The molecule has 0 aromatic heterocycles. The first kappa shape index (κ1) is 10.1. The average Bonchev–Trinajstić information content (AvgIpc) is 2.44. The quantitative estimate of drug-likeness (QED) is 0.821. The molecule has 0 fully saturated rings. The van der Waals surface area contributed by atoms with E-state index in [1.807, 2.05) is 6.92 Å². The van der Waals surface area contributed by atoms with Gasteiger partial charge in [0.15, 0.2) is 0 Å². The maximum atomic E-state index is 13.1. The highest BCUT2D eigenvalue weighted by Gasteiger charge is 2.37. The second kappa shape index (κ2) is 3.31. The molecule has 0 heterocycles. The molecule has 1 aliphatic rings. The second-order valence-corrected chi connectivity index (χ2v) is 4.66. The standard InChI is InChI=1S/C11H12BrFO/c1-2-11(14)4-3-7-5-8(13)6-9(12)10(7)11/h5-6,14H,2-4H2,1H3. The van der Waals surface area contributed by atoms with Gasteiger partial charge in [0.1, 0.15) is 5.82 Å². The zero-order valence-electron chi connectivity index (χ0n) is 7.98. The molecule has 14 heavy (non-hydrogen) atoms. The first-order chi connectivity index (χ1) is 6.57. The van der Waals surface area contributed by atoms with Gasteiger partial charge in [-0.2, -0.15) is 0 Å². The summed E-state index contributed by atoms with van der Waals surface area (Å²) >= 11 is 3.31. The Kier molecular flexibility index (Phi) is 2.40. The van der Waals surface area contributed by atoms with Crippen molar-refractivity contribution in [1.29, 1.82) is 0 Å². The summed E-state index contributed by atoms with van der Waals surface area (Å²) in [5, 5.41) is 10.3. The lowest BCUT2D eigenvalue weighted by Gasteiger charge is -2.23. The third kappa shape index (κ3) is 1.39. The number of hydrogen-bond donors (Lipinski definition) is 1. The number of benzene rings is 1. The fourth-order valence-electron chi connectivity index (χ4n) is 2.17. The topological polar surface area (TPSA) is 20.2 Å². The number of aliphatic hydroxyl groups is 1. The van der Waals surface area contributed by atoms with E-state index in [1.165, 1.54) is 12.1 Å². The summed E-state index contributed by atoms with van der Waals surface area (Å²) in [5.74, 6) is -0.240. The highest BCUT2D eigenvalue weighted by molar-refractivity contribution is 9.10.